The molecule has 5 heterocycles. The molecule has 0 aliphatic carbocycles. The topological polar surface area (TPSA) is 266 Å². The summed E-state index contributed by atoms with van der Waals surface area (Å²) in [6.45, 7) is 9.10. The number of hydrogen-bond acceptors (Lipinski definition) is 19. The summed E-state index contributed by atoms with van der Waals surface area (Å²) in [6, 6.07) is 21.3. The number of imide groups is 1. The van der Waals surface area contributed by atoms with Gasteiger partial charge in [0.05, 0.1) is 122 Å². The van der Waals surface area contributed by atoms with E-state index in [1.165, 1.54) is 26.4 Å². The number of nitrogens with one attached hydrogen (secondary N) is 1. The molecule has 4 aromatic rings. The number of carbonyl (C=O) groups is 8. The van der Waals surface area contributed by atoms with Crippen molar-refractivity contribution in [1.29, 1.82) is 0 Å². The Bertz CT molecular complexity index is 3840. The highest BCUT2D eigenvalue weighted by atomic mass is 16.6. The Kier molecular flexibility index (Phi) is 27.1. The first-order valence-electron chi connectivity index (χ1n) is 33.4. The lowest BCUT2D eigenvalue weighted by Gasteiger charge is -2.19. The second kappa shape index (κ2) is 36.6. The molecule has 5 aliphatic heterocycles. The van der Waals surface area contributed by atoms with Crippen molar-refractivity contribution >= 4 is 87.5 Å². The molecule has 5 amide bonds. The highest BCUT2D eigenvalue weighted by Crippen LogP contribution is 2.42. The number of anilines is 1. The summed E-state index contributed by atoms with van der Waals surface area (Å²) in [5, 5.41) is 2.91. The van der Waals surface area contributed by atoms with Gasteiger partial charge in [-0.05, 0) is 89.9 Å². The SMILES string of the molecule is COc1ccc(C2=CN3C(=O)c4cc(OC)c(OCCCOc5cc6c(cc5OC)C(=O)N5C=C(c7ccc(NC(=O)/C(C)=C\CC(=O)C(=CCCC(=O)CCOCCOCCOCCOCCC=CCC(=O)CCN8C(=O)C=CC8=O)C(C)C)cc7)CC5C=N6)cc4N=CC3C2)cc1. The highest BCUT2D eigenvalue weighted by molar-refractivity contribution is 6.13. The maximum Gasteiger partial charge on any atom is 0.260 e. The molecule has 99 heavy (non-hydrogen) atoms. The number of rotatable bonds is 40. The van der Waals surface area contributed by atoms with E-state index >= 15 is 0 Å². The number of benzene rings is 4. The first-order valence-corrected chi connectivity index (χ1v) is 33.4. The summed E-state index contributed by atoms with van der Waals surface area (Å²) in [4.78, 5) is 116. The monoisotopic (exact) mass is 1350 g/mol. The van der Waals surface area contributed by atoms with Crippen molar-refractivity contribution in [3.63, 3.8) is 0 Å². The molecule has 0 aromatic heterocycles. The zero-order valence-corrected chi connectivity index (χ0v) is 57.0. The zero-order chi connectivity index (χ0) is 70.2. The third-order valence-corrected chi connectivity index (χ3v) is 17.0. The number of ether oxygens (including phenoxy) is 9. The summed E-state index contributed by atoms with van der Waals surface area (Å²) in [7, 11) is 4.66. The molecule has 23 nitrogen and oxygen atoms in total. The highest BCUT2D eigenvalue weighted by Gasteiger charge is 2.36. The fourth-order valence-corrected chi connectivity index (χ4v) is 11.4. The van der Waals surface area contributed by atoms with E-state index in [2.05, 4.69) is 5.32 Å². The van der Waals surface area contributed by atoms with Crippen molar-refractivity contribution in [2.45, 2.75) is 97.1 Å². The molecule has 5 aliphatic rings. The molecule has 0 saturated heterocycles. The molecular weight excluding hydrogens is 1270 g/mol. The van der Waals surface area contributed by atoms with Gasteiger partial charge in [-0.25, -0.2) is 0 Å². The molecule has 2 atom stereocenters. The molecule has 2 unspecified atom stereocenters. The van der Waals surface area contributed by atoms with Gasteiger partial charge in [0.25, 0.3) is 29.5 Å². The van der Waals surface area contributed by atoms with Crippen LogP contribution in [0.4, 0.5) is 17.1 Å². The Balaban J connectivity index is 0.634. The van der Waals surface area contributed by atoms with Crippen LogP contribution in [0.3, 0.4) is 0 Å². The standard InChI is InChI=1S/C76H86N6O17/c1-50(2)62(14-10-13-60(84)28-33-95-35-37-97-39-38-96-36-34-94-30-9-7-8-12-59(83)27-29-80-72(86)25-26-73(80)87)67(85)24-15-51(3)74(88)79-56-20-16-52(17-21-56)54-40-57-46-77-65-44-70(68(92-5)42-63(65)75(89)81(57)48-54)98-31-11-32-99-71-45-66-64(43-69(71)93-6)76(90)82-49-55(41-58(82)47-78-66)53-18-22-61(91-4)23-19-53/h7-8,14-23,25-26,42-50,57-58H,9-13,24,27-41H2,1-6H3,(H,79,88)/b8-7?,51-15-,62-14?. The second-order valence-corrected chi connectivity index (χ2v) is 24.2. The quantitative estimate of drug-likeness (QED) is 0.0188. The Labute approximate surface area is 576 Å². The Morgan fingerprint density at radius 2 is 1.09 bits per heavy atom. The van der Waals surface area contributed by atoms with E-state index in [1.807, 2.05) is 74.8 Å². The van der Waals surface area contributed by atoms with Crippen LogP contribution in [0.15, 0.2) is 143 Å². The summed E-state index contributed by atoms with van der Waals surface area (Å²) < 4.78 is 51.2. The van der Waals surface area contributed by atoms with Gasteiger partial charge in [0.2, 0.25) is 0 Å². The normalized spacial score (nSPS) is 16.4. The number of ketones is 3. The molecule has 1 N–H and O–H groups in total. The van der Waals surface area contributed by atoms with Crippen LogP contribution in [0.1, 0.15) is 117 Å². The van der Waals surface area contributed by atoms with Crippen molar-refractivity contribution in [3.05, 3.63) is 155 Å². The van der Waals surface area contributed by atoms with Crippen molar-refractivity contribution in [2.75, 3.05) is 99.3 Å². The van der Waals surface area contributed by atoms with E-state index in [9.17, 15) is 38.4 Å². The molecule has 522 valence electrons. The lowest BCUT2D eigenvalue weighted by molar-refractivity contribution is -0.137. The number of fused-ring (bicyclic) bond motifs is 4. The van der Waals surface area contributed by atoms with Crippen molar-refractivity contribution in [2.24, 2.45) is 15.9 Å². The minimum absolute atomic E-state index is 0.0204. The summed E-state index contributed by atoms with van der Waals surface area (Å²) in [5.74, 6) is 0.578. The van der Waals surface area contributed by atoms with Gasteiger partial charge in [0.1, 0.15) is 17.3 Å². The number of Topliss-reactive ketones (excluding diaryl/α,β-unsaturated/α-hetero) is 3. The van der Waals surface area contributed by atoms with Gasteiger partial charge in [-0.3, -0.25) is 53.2 Å². The van der Waals surface area contributed by atoms with E-state index in [-0.39, 0.29) is 112 Å². The Morgan fingerprint density at radius 3 is 1.62 bits per heavy atom. The van der Waals surface area contributed by atoms with Gasteiger partial charge in [-0.2, -0.15) is 0 Å². The predicted molar refractivity (Wildman–Crippen MR) is 373 cm³/mol. The van der Waals surface area contributed by atoms with E-state index in [0.717, 1.165) is 32.9 Å². The number of allylic oxidation sites excluding steroid dienone is 4. The molecule has 0 bridgehead atoms. The zero-order valence-electron chi connectivity index (χ0n) is 57.0. The average Bonchev–Trinajstić information content (AvgIpc) is 1.63. The van der Waals surface area contributed by atoms with Crippen LogP contribution < -0.4 is 29.0 Å². The summed E-state index contributed by atoms with van der Waals surface area (Å²) >= 11 is 0. The van der Waals surface area contributed by atoms with E-state index < -0.39 is 11.8 Å². The molecule has 0 fully saturated rings. The van der Waals surface area contributed by atoms with Crippen molar-refractivity contribution < 1.29 is 81.0 Å². The molecule has 4 aromatic carbocycles. The third kappa shape index (κ3) is 20.3. The summed E-state index contributed by atoms with van der Waals surface area (Å²) in [5.41, 5.74) is 7.05. The van der Waals surface area contributed by atoms with Crippen LogP contribution in [-0.2, 0) is 47.7 Å². The van der Waals surface area contributed by atoms with Crippen LogP contribution >= 0.6 is 0 Å². The molecule has 9 rings (SSSR count). The first kappa shape index (κ1) is 73.3. The van der Waals surface area contributed by atoms with Crippen LogP contribution in [0.25, 0.3) is 11.1 Å². The van der Waals surface area contributed by atoms with Crippen LogP contribution in [-0.4, -0.2) is 180 Å². The van der Waals surface area contributed by atoms with Crippen LogP contribution in [0, 0.1) is 5.92 Å². The third-order valence-electron chi connectivity index (χ3n) is 17.0. The average molecular weight is 1360 g/mol. The lowest BCUT2D eigenvalue weighted by atomic mass is 9.94. The van der Waals surface area contributed by atoms with E-state index in [1.54, 1.807) is 84.8 Å². The van der Waals surface area contributed by atoms with Crippen LogP contribution in [0.2, 0.25) is 0 Å². The Hall–Kier alpha value is -9.94. The number of aliphatic imine (C=N–C) groups is 2. The number of nitrogens with zero attached hydrogens (tertiary/aromatic N) is 5. The Morgan fingerprint density at radius 1 is 0.566 bits per heavy atom. The lowest BCUT2D eigenvalue weighted by Crippen LogP contribution is -2.32. The fraction of sp³-hybridized carbons (Fsp3) is 0.395. The molecule has 0 radical (unpaired) electrons. The van der Waals surface area contributed by atoms with Gasteiger partial charge in [-0.1, -0.05) is 62.4 Å². The van der Waals surface area contributed by atoms with Crippen molar-refractivity contribution in [1.82, 2.24) is 14.7 Å². The number of carbonyl (C=O) groups excluding carboxylic acids is 8. The summed E-state index contributed by atoms with van der Waals surface area (Å²) in [6.07, 6.45) is 20.3. The van der Waals surface area contributed by atoms with E-state index in [4.69, 9.17) is 52.6 Å². The molecule has 0 spiro atoms. The molecule has 0 saturated carbocycles. The maximum absolute atomic E-state index is 14.2. The van der Waals surface area contributed by atoms with Gasteiger partial charge in [-0.15, -0.1) is 0 Å². The van der Waals surface area contributed by atoms with Gasteiger partial charge < -0.3 is 57.7 Å². The molecule has 23 heteroatoms. The smallest absolute Gasteiger partial charge is 0.260 e. The fourth-order valence-electron chi connectivity index (χ4n) is 11.4. The number of hydrogen-bond donors (Lipinski definition) is 1. The largest absolute Gasteiger partial charge is 0.497 e. The molecular formula is C76H86N6O17. The minimum atomic E-state index is -0.391. The predicted octanol–water partition coefficient (Wildman–Crippen LogP) is 11.0. The number of amides is 5. The first-order chi connectivity index (χ1) is 48.0. The van der Waals surface area contributed by atoms with Crippen LogP contribution in [0.5, 0.6) is 28.7 Å². The minimum Gasteiger partial charge on any atom is -0.497 e. The van der Waals surface area contributed by atoms with Gasteiger partial charge in [0.15, 0.2) is 28.8 Å². The van der Waals surface area contributed by atoms with E-state index in [0.29, 0.717) is 141 Å². The van der Waals surface area contributed by atoms with Gasteiger partial charge >= 0.3 is 0 Å². The number of methoxy groups -OCH3 is 3. The van der Waals surface area contributed by atoms with Gasteiger partial charge in [0, 0.05) is 118 Å². The van der Waals surface area contributed by atoms with Crippen molar-refractivity contribution in [3.8, 4) is 28.7 Å². The second-order valence-electron chi connectivity index (χ2n) is 24.2. The maximum atomic E-state index is 14.2.